The number of pyridine rings is 1. The highest BCUT2D eigenvalue weighted by atomic mass is 31.1. The molecule has 5 atom stereocenters. The van der Waals surface area contributed by atoms with Gasteiger partial charge in [-0.3, -0.25) is 14.7 Å². The minimum Gasteiger partial charge on any atom is -0.344 e. The Kier molecular flexibility index (Phi) is 7.89. The molecule has 5 heteroatoms. The first-order valence-electron chi connectivity index (χ1n) is 15.2. The van der Waals surface area contributed by atoms with Crippen LogP contribution >= 0.6 is 7.92 Å². The summed E-state index contributed by atoms with van der Waals surface area (Å²) in [4.78, 5) is 21.8. The number of carbonyl (C=O) groups excluding carboxylic acids is 1. The van der Waals surface area contributed by atoms with Crippen molar-refractivity contribution >= 4 is 40.6 Å². The first-order chi connectivity index (χ1) is 21.2. The summed E-state index contributed by atoms with van der Waals surface area (Å²) < 4.78 is 0. The van der Waals surface area contributed by atoms with Gasteiger partial charge in [-0.25, -0.2) is 0 Å². The van der Waals surface area contributed by atoms with Crippen LogP contribution < -0.4 is 21.2 Å². The molecule has 5 aromatic rings. The number of benzene rings is 4. The van der Waals surface area contributed by atoms with Gasteiger partial charge in [0.15, 0.2) is 0 Å². The van der Waals surface area contributed by atoms with Crippen molar-refractivity contribution in [1.82, 2.24) is 15.2 Å². The van der Waals surface area contributed by atoms with Crippen LogP contribution in [0.3, 0.4) is 0 Å². The van der Waals surface area contributed by atoms with Crippen molar-refractivity contribution in [2.45, 2.75) is 24.9 Å². The summed E-state index contributed by atoms with van der Waals surface area (Å²) >= 11 is 0. The van der Waals surface area contributed by atoms with Crippen molar-refractivity contribution in [2.24, 2.45) is 11.8 Å². The third-order valence-corrected chi connectivity index (χ3v) is 11.8. The van der Waals surface area contributed by atoms with Crippen LogP contribution in [0.15, 0.2) is 134 Å². The molecule has 1 N–H and O–H groups in total. The number of hydrogen-bond donors (Lipinski definition) is 1. The van der Waals surface area contributed by atoms with Crippen molar-refractivity contribution in [3.05, 3.63) is 145 Å². The Morgan fingerprint density at radius 2 is 1.56 bits per heavy atom. The van der Waals surface area contributed by atoms with Crippen LogP contribution in [0.2, 0.25) is 0 Å². The van der Waals surface area contributed by atoms with E-state index in [1.165, 1.54) is 17.0 Å². The number of nitrogens with one attached hydrogen (secondary N) is 1. The zero-order valence-corrected chi connectivity index (χ0v) is 25.1. The minimum absolute atomic E-state index is 0.0243. The highest BCUT2D eigenvalue weighted by Gasteiger charge is 2.43. The van der Waals surface area contributed by atoms with Crippen LogP contribution in [0.4, 0.5) is 0 Å². The average Bonchev–Trinajstić information content (AvgIpc) is 3.08. The van der Waals surface area contributed by atoms with Crippen molar-refractivity contribution in [3.63, 3.8) is 0 Å². The quantitative estimate of drug-likeness (QED) is 0.171. The largest absolute Gasteiger partial charge is 0.344 e. The lowest BCUT2D eigenvalue weighted by Gasteiger charge is -2.51. The van der Waals surface area contributed by atoms with Gasteiger partial charge in [-0.1, -0.05) is 103 Å². The van der Waals surface area contributed by atoms with Crippen LogP contribution in [-0.4, -0.2) is 34.9 Å². The molecule has 0 spiro atoms. The van der Waals surface area contributed by atoms with E-state index in [0.717, 1.165) is 46.8 Å². The Labute approximate surface area is 255 Å². The molecular formula is C38H36N3OP. The first-order valence-corrected chi connectivity index (χ1v) is 16.6. The number of para-hydroxylation sites is 1. The zero-order valence-electron chi connectivity index (χ0n) is 24.2. The van der Waals surface area contributed by atoms with Gasteiger partial charge < -0.3 is 5.32 Å². The lowest BCUT2D eigenvalue weighted by atomic mass is 9.73. The fraction of sp³-hybridized carbons (Fsp3) is 0.211. The molecule has 4 nitrogen and oxygen atoms in total. The summed E-state index contributed by atoms with van der Waals surface area (Å²) in [6.45, 7) is 6.19. The zero-order chi connectivity index (χ0) is 29.2. The number of amides is 1. The molecule has 43 heavy (non-hydrogen) atoms. The minimum atomic E-state index is -0.927. The Morgan fingerprint density at radius 3 is 2.26 bits per heavy atom. The van der Waals surface area contributed by atoms with Crippen LogP contribution in [-0.2, 0) is 0 Å². The molecule has 3 fully saturated rings. The van der Waals surface area contributed by atoms with E-state index in [1.807, 2.05) is 36.5 Å². The average molecular weight is 582 g/mol. The Bertz CT molecular complexity index is 1700. The van der Waals surface area contributed by atoms with Gasteiger partial charge in [0.25, 0.3) is 5.91 Å². The standard InChI is InChI=1S/C38H36N3OP/c1-2-27-26-41-24-22-28(27)25-35(41)37(32-21-23-39-34-19-11-9-17-31(32)34)40-38(42)33-18-10-12-20-36(33)43(29-13-5-3-6-14-29)30-15-7-4-8-16-30/h2-21,23,27-28,35,37H,1,22,24-26H2,(H,40,42)/t27?,28?,35-,37+/m0/s1. The fourth-order valence-electron chi connectivity index (χ4n) is 7.16. The number of nitrogens with zero attached hydrogens (tertiary/aromatic N) is 2. The lowest BCUT2D eigenvalue weighted by molar-refractivity contribution is 0.00171. The number of piperidine rings is 3. The number of hydrogen-bond acceptors (Lipinski definition) is 3. The molecule has 214 valence electrons. The third-order valence-electron chi connectivity index (χ3n) is 9.26. The molecule has 3 aliphatic rings. The molecule has 2 bridgehead atoms. The maximum absolute atomic E-state index is 14.6. The van der Waals surface area contributed by atoms with Crippen LogP contribution in [0.25, 0.3) is 10.9 Å². The van der Waals surface area contributed by atoms with Gasteiger partial charge in [0, 0.05) is 29.7 Å². The van der Waals surface area contributed by atoms with E-state index >= 15 is 0 Å². The smallest absolute Gasteiger partial charge is 0.252 e. The Hall–Kier alpha value is -4.11. The van der Waals surface area contributed by atoms with Gasteiger partial charge in [-0.2, -0.15) is 0 Å². The van der Waals surface area contributed by atoms with Gasteiger partial charge in [0.1, 0.15) is 0 Å². The van der Waals surface area contributed by atoms with E-state index < -0.39 is 7.92 Å². The summed E-state index contributed by atoms with van der Waals surface area (Å²) in [6, 6.07) is 39.8. The van der Waals surface area contributed by atoms with Crippen molar-refractivity contribution < 1.29 is 4.79 Å². The van der Waals surface area contributed by atoms with Gasteiger partial charge in [0.2, 0.25) is 0 Å². The van der Waals surface area contributed by atoms with E-state index in [0.29, 0.717) is 11.8 Å². The molecule has 1 amide bonds. The monoisotopic (exact) mass is 581 g/mol. The molecule has 3 saturated heterocycles. The van der Waals surface area contributed by atoms with Gasteiger partial charge in [-0.15, -0.1) is 6.58 Å². The van der Waals surface area contributed by atoms with Crippen LogP contribution in [0.1, 0.15) is 34.8 Å². The maximum Gasteiger partial charge on any atom is 0.252 e. The van der Waals surface area contributed by atoms with E-state index in [9.17, 15) is 4.79 Å². The Balaban J connectivity index is 1.30. The highest BCUT2D eigenvalue weighted by molar-refractivity contribution is 7.80. The van der Waals surface area contributed by atoms with E-state index in [-0.39, 0.29) is 18.0 Å². The molecule has 1 aromatic heterocycles. The van der Waals surface area contributed by atoms with Gasteiger partial charge >= 0.3 is 0 Å². The summed E-state index contributed by atoms with van der Waals surface area (Å²) in [5.41, 5.74) is 2.83. The summed E-state index contributed by atoms with van der Waals surface area (Å²) in [6.07, 6.45) is 6.25. The molecule has 3 aliphatic heterocycles. The molecule has 0 aliphatic carbocycles. The molecule has 3 unspecified atom stereocenters. The predicted octanol–water partition coefficient (Wildman–Crippen LogP) is 6.36. The summed E-state index contributed by atoms with van der Waals surface area (Å²) in [7, 11) is -0.927. The van der Waals surface area contributed by atoms with E-state index in [4.69, 9.17) is 0 Å². The number of aromatic nitrogens is 1. The number of carbonyl (C=O) groups is 1. The lowest BCUT2D eigenvalue weighted by Crippen LogP contribution is -2.57. The van der Waals surface area contributed by atoms with Gasteiger partial charge in [0.05, 0.1) is 11.6 Å². The van der Waals surface area contributed by atoms with E-state index in [1.54, 1.807) is 0 Å². The molecular weight excluding hydrogens is 545 g/mol. The van der Waals surface area contributed by atoms with Crippen molar-refractivity contribution in [2.75, 3.05) is 13.1 Å². The SMILES string of the molecule is C=CC1CN2CCC1C[C@H]2[C@H](NC(=O)c1ccccc1P(c1ccccc1)c1ccccc1)c1ccnc2ccccc12. The second kappa shape index (κ2) is 12.2. The van der Waals surface area contributed by atoms with Crippen LogP contribution in [0, 0.1) is 11.8 Å². The number of fused-ring (bicyclic) bond motifs is 4. The maximum atomic E-state index is 14.6. The van der Waals surface area contributed by atoms with Crippen LogP contribution in [0.5, 0.6) is 0 Å². The second-order valence-electron chi connectivity index (χ2n) is 11.6. The number of rotatable bonds is 8. The first kappa shape index (κ1) is 27.7. The summed E-state index contributed by atoms with van der Waals surface area (Å²) in [5, 5.41) is 8.23. The van der Waals surface area contributed by atoms with Crippen molar-refractivity contribution in [1.29, 1.82) is 0 Å². The Morgan fingerprint density at radius 1 is 0.884 bits per heavy atom. The topological polar surface area (TPSA) is 45.2 Å². The summed E-state index contributed by atoms with van der Waals surface area (Å²) in [5.74, 6) is 1.08. The fourth-order valence-corrected chi connectivity index (χ4v) is 9.60. The predicted molar refractivity (Wildman–Crippen MR) is 179 cm³/mol. The normalized spacial score (nSPS) is 21.9. The van der Waals surface area contributed by atoms with Crippen molar-refractivity contribution in [3.8, 4) is 0 Å². The van der Waals surface area contributed by atoms with Gasteiger partial charge in [-0.05, 0) is 78.8 Å². The second-order valence-corrected chi connectivity index (χ2v) is 13.8. The highest BCUT2D eigenvalue weighted by Crippen LogP contribution is 2.42. The molecule has 0 saturated carbocycles. The molecule has 8 rings (SSSR count). The molecule has 4 aromatic carbocycles. The molecule has 0 radical (unpaired) electrons. The molecule has 4 heterocycles. The van der Waals surface area contributed by atoms with E-state index in [2.05, 4.69) is 113 Å². The third kappa shape index (κ3) is 5.42.